The average Bonchev–Trinajstić information content (AvgIpc) is 2.28. The quantitative estimate of drug-likeness (QED) is 0.905. The van der Waals surface area contributed by atoms with Crippen molar-refractivity contribution >= 4 is 29.1 Å². The van der Waals surface area contributed by atoms with Gasteiger partial charge in [-0.15, -0.1) is 0 Å². The first-order valence-corrected chi connectivity index (χ1v) is 6.91. The maximum Gasteiger partial charge on any atom is 0.222 e. The van der Waals surface area contributed by atoms with E-state index in [-0.39, 0.29) is 11.4 Å². The lowest BCUT2D eigenvalue weighted by atomic mass is 10.00. The van der Waals surface area contributed by atoms with Crippen molar-refractivity contribution in [2.75, 3.05) is 7.05 Å². The molecule has 106 valence electrons. The number of nitrogens with two attached hydrogens (primary N) is 1. The number of carbonyl (C=O) groups is 1. The molecule has 0 spiro atoms. The minimum atomic E-state index is -0.325. The van der Waals surface area contributed by atoms with E-state index in [2.05, 4.69) is 0 Å². The molecule has 0 aromatic heterocycles. The molecule has 0 heterocycles. The highest BCUT2D eigenvalue weighted by molar-refractivity contribution is 6.35. The molecule has 0 saturated carbocycles. The van der Waals surface area contributed by atoms with E-state index in [0.29, 0.717) is 29.4 Å². The molecule has 0 fully saturated rings. The first-order valence-electron chi connectivity index (χ1n) is 6.16. The normalized spacial score (nSPS) is 11.5. The monoisotopic (exact) mass is 302 g/mol. The number of hydrogen-bond acceptors (Lipinski definition) is 2. The average molecular weight is 303 g/mol. The van der Waals surface area contributed by atoms with Crippen molar-refractivity contribution in [3.8, 4) is 0 Å². The van der Waals surface area contributed by atoms with Crippen LogP contribution in [-0.2, 0) is 11.3 Å². The molecule has 0 aliphatic carbocycles. The molecule has 0 radical (unpaired) electrons. The molecule has 0 aliphatic heterocycles. The molecule has 5 heteroatoms. The summed E-state index contributed by atoms with van der Waals surface area (Å²) in [7, 11) is 1.76. The zero-order valence-corrected chi connectivity index (χ0v) is 13.1. The summed E-state index contributed by atoms with van der Waals surface area (Å²) in [5.74, 6) is 0.0598. The van der Waals surface area contributed by atoms with Crippen molar-refractivity contribution in [3.63, 3.8) is 0 Å². The van der Waals surface area contributed by atoms with Crippen LogP contribution in [0.3, 0.4) is 0 Å². The predicted octanol–water partition coefficient (Wildman–Crippen LogP) is 3.47. The van der Waals surface area contributed by atoms with E-state index < -0.39 is 0 Å². The lowest BCUT2D eigenvalue weighted by Crippen LogP contribution is -2.34. The second kappa shape index (κ2) is 6.60. The molecule has 19 heavy (non-hydrogen) atoms. The highest BCUT2D eigenvalue weighted by atomic mass is 35.5. The second-order valence-electron chi connectivity index (χ2n) is 5.47. The van der Waals surface area contributed by atoms with Crippen LogP contribution in [-0.4, -0.2) is 23.4 Å². The maximum atomic E-state index is 12.0. The highest BCUT2D eigenvalue weighted by Crippen LogP contribution is 2.22. The summed E-state index contributed by atoms with van der Waals surface area (Å²) in [6.07, 6.45) is 1.09. The predicted molar refractivity (Wildman–Crippen MR) is 80.4 cm³/mol. The Balaban J connectivity index is 2.59. The van der Waals surface area contributed by atoms with Crippen molar-refractivity contribution in [1.29, 1.82) is 0 Å². The summed E-state index contributed by atoms with van der Waals surface area (Å²) in [4.78, 5) is 13.6. The van der Waals surface area contributed by atoms with E-state index in [1.165, 1.54) is 0 Å². The van der Waals surface area contributed by atoms with Gasteiger partial charge in [-0.1, -0.05) is 29.3 Å². The smallest absolute Gasteiger partial charge is 0.222 e. The van der Waals surface area contributed by atoms with Gasteiger partial charge in [0.25, 0.3) is 0 Å². The number of nitrogens with zero attached hydrogens (tertiary/aromatic N) is 1. The van der Waals surface area contributed by atoms with Crippen molar-refractivity contribution < 1.29 is 4.79 Å². The maximum absolute atomic E-state index is 12.0. The summed E-state index contributed by atoms with van der Waals surface area (Å²) in [6.45, 7) is 4.30. The van der Waals surface area contributed by atoms with E-state index in [4.69, 9.17) is 28.9 Å². The summed E-state index contributed by atoms with van der Waals surface area (Å²) >= 11 is 11.9. The van der Waals surface area contributed by atoms with Crippen LogP contribution in [0, 0.1) is 0 Å². The van der Waals surface area contributed by atoms with E-state index in [1.54, 1.807) is 24.1 Å². The first-order chi connectivity index (χ1) is 8.69. The molecule has 1 amide bonds. The number of halogens is 2. The van der Waals surface area contributed by atoms with Gasteiger partial charge in [-0.25, -0.2) is 0 Å². The SMILES string of the molecule is CN(Cc1ccc(Cl)cc1Cl)C(=O)CCC(C)(C)N. The van der Waals surface area contributed by atoms with Gasteiger partial charge in [0.15, 0.2) is 0 Å². The van der Waals surface area contributed by atoms with Crippen LogP contribution in [0.2, 0.25) is 10.0 Å². The van der Waals surface area contributed by atoms with Crippen molar-refractivity contribution in [2.45, 2.75) is 38.8 Å². The summed E-state index contributed by atoms with van der Waals surface area (Å²) in [6, 6.07) is 5.28. The zero-order chi connectivity index (χ0) is 14.6. The highest BCUT2D eigenvalue weighted by Gasteiger charge is 2.16. The van der Waals surface area contributed by atoms with Gasteiger partial charge in [0.05, 0.1) is 0 Å². The Kier molecular flexibility index (Phi) is 5.65. The van der Waals surface area contributed by atoms with E-state index in [0.717, 1.165) is 5.56 Å². The second-order valence-corrected chi connectivity index (χ2v) is 6.32. The molecular weight excluding hydrogens is 283 g/mol. The van der Waals surface area contributed by atoms with Gasteiger partial charge < -0.3 is 10.6 Å². The van der Waals surface area contributed by atoms with Crippen molar-refractivity contribution in [2.24, 2.45) is 5.73 Å². The molecule has 3 nitrogen and oxygen atoms in total. The van der Waals surface area contributed by atoms with Crippen LogP contribution in [0.1, 0.15) is 32.3 Å². The van der Waals surface area contributed by atoms with Gasteiger partial charge in [-0.2, -0.15) is 0 Å². The first kappa shape index (κ1) is 16.3. The molecular formula is C14H20Cl2N2O. The molecule has 0 bridgehead atoms. The van der Waals surface area contributed by atoms with E-state index in [9.17, 15) is 4.79 Å². The minimum Gasteiger partial charge on any atom is -0.341 e. The Bertz CT molecular complexity index is 455. The number of amides is 1. The van der Waals surface area contributed by atoms with E-state index in [1.807, 2.05) is 19.9 Å². The Morgan fingerprint density at radius 2 is 2.00 bits per heavy atom. The largest absolute Gasteiger partial charge is 0.341 e. The Hall–Kier alpha value is -0.770. The summed E-state index contributed by atoms with van der Waals surface area (Å²) < 4.78 is 0. The standard InChI is InChI=1S/C14H20Cl2N2O/c1-14(2,17)7-6-13(19)18(3)9-10-4-5-11(15)8-12(10)16/h4-5,8H,6-7,9,17H2,1-3H3. The number of benzene rings is 1. The van der Waals surface area contributed by atoms with Crippen LogP contribution >= 0.6 is 23.2 Å². The molecule has 0 atom stereocenters. The van der Waals surface area contributed by atoms with Gasteiger partial charge in [-0.3, -0.25) is 4.79 Å². The topological polar surface area (TPSA) is 46.3 Å². The lowest BCUT2D eigenvalue weighted by molar-refractivity contribution is -0.130. The van der Waals surface area contributed by atoms with Crippen molar-refractivity contribution in [1.82, 2.24) is 4.90 Å². The van der Waals surface area contributed by atoms with Gasteiger partial charge in [0.1, 0.15) is 0 Å². The van der Waals surface area contributed by atoms with Crippen LogP contribution in [0.5, 0.6) is 0 Å². The van der Waals surface area contributed by atoms with Crippen LogP contribution < -0.4 is 5.73 Å². The van der Waals surface area contributed by atoms with Gasteiger partial charge in [0, 0.05) is 35.6 Å². The van der Waals surface area contributed by atoms with Crippen LogP contribution in [0.15, 0.2) is 18.2 Å². The van der Waals surface area contributed by atoms with Gasteiger partial charge >= 0.3 is 0 Å². The number of carbonyl (C=O) groups excluding carboxylic acids is 1. The molecule has 0 aliphatic rings. The Labute approximate surface area is 124 Å². The molecule has 2 N–H and O–H groups in total. The fraction of sp³-hybridized carbons (Fsp3) is 0.500. The molecule has 1 aromatic carbocycles. The molecule has 0 saturated heterocycles. The third-order valence-electron chi connectivity index (χ3n) is 2.83. The lowest BCUT2D eigenvalue weighted by Gasteiger charge is -2.22. The molecule has 1 aromatic rings. The Morgan fingerprint density at radius 3 is 2.53 bits per heavy atom. The zero-order valence-electron chi connectivity index (χ0n) is 11.5. The molecule has 0 unspecified atom stereocenters. The van der Waals surface area contributed by atoms with Gasteiger partial charge in [0.2, 0.25) is 5.91 Å². The third kappa shape index (κ3) is 5.81. The minimum absolute atomic E-state index is 0.0598. The number of rotatable bonds is 5. The van der Waals surface area contributed by atoms with Crippen LogP contribution in [0.4, 0.5) is 0 Å². The number of hydrogen-bond donors (Lipinski definition) is 1. The molecule has 1 rings (SSSR count). The van der Waals surface area contributed by atoms with Crippen LogP contribution in [0.25, 0.3) is 0 Å². The summed E-state index contributed by atoms with van der Waals surface area (Å²) in [5.41, 5.74) is 6.43. The fourth-order valence-corrected chi connectivity index (χ4v) is 2.08. The van der Waals surface area contributed by atoms with Crippen molar-refractivity contribution in [3.05, 3.63) is 33.8 Å². The Morgan fingerprint density at radius 1 is 1.37 bits per heavy atom. The third-order valence-corrected chi connectivity index (χ3v) is 3.42. The van der Waals surface area contributed by atoms with Gasteiger partial charge in [-0.05, 0) is 38.0 Å². The summed E-state index contributed by atoms with van der Waals surface area (Å²) in [5, 5.41) is 1.17. The van der Waals surface area contributed by atoms with E-state index >= 15 is 0 Å². The fourth-order valence-electron chi connectivity index (χ4n) is 1.61.